The van der Waals surface area contributed by atoms with Gasteiger partial charge in [-0.2, -0.15) is 5.10 Å². The molecule has 0 spiro atoms. The van der Waals surface area contributed by atoms with Crippen LogP contribution in [0.25, 0.3) is 0 Å². The van der Waals surface area contributed by atoms with Crippen molar-refractivity contribution in [3.8, 4) is 0 Å². The number of nitrogens with zero attached hydrogens (tertiary/aromatic N) is 2. The molecular weight excluding hydrogens is 328 g/mol. The van der Waals surface area contributed by atoms with Crippen molar-refractivity contribution in [2.45, 2.75) is 20.4 Å². The molecule has 6 nitrogen and oxygen atoms in total. The quantitative estimate of drug-likeness (QED) is 0.507. The number of para-hydroxylation sites is 1. The van der Waals surface area contributed by atoms with Gasteiger partial charge in [0.1, 0.15) is 5.76 Å². The summed E-state index contributed by atoms with van der Waals surface area (Å²) in [7, 11) is 0. The fourth-order valence-corrected chi connectivity index (χ4v) is 2.71. The van der Waals surface area contributed by atoms with Gasteiger partial charge in [-0.1, -0.05) is 18.2 Å². The summed E-state index contributed by atoms with van der Waals surface area (Å²) in [5, 5.41) is 7.11. The Morgan fingerprint density at radius 1 is 1.19 bits per heavy atom. The second-order valence-corrected chi connectivity index (χ2v) is 6.00. The molecule has 1 amide bonds. The van der Waals surface area contributed by atoms with Gasteiger partial charge in [0, 0.05) is 22.6 Å². The molecule has 0 radical (unpaired) electrons. The minimum absolute atomic E-state index is 0.166. The second kappa shape index (κ2) is 8.20. The summed E-state index contributed by atoms with van der Waals surface area (Å²) < 4.78 is 7.57. The average Bonchev–Trinajstić information content (AvgIpc) is 3.25. The van der Waals surface area contributed by atoms with E-state index in [-0.39, 0.29) is 12.5 Å². The number of carbonyl (C=O) groups excluding carboxylic acids is 1. The molecule has 0 unspecified atom stereocenters. The van der Waals surface area contributed by atoms with Crippen LogP contribution in [0.2, 0.25) is 0 Å². The van der Waals surface area contributed by atoms with E-state index in [4.69, 9.17) is 4.42 Å². The Bertz CT molecular complexity index is 880. The Hall–Kier alpha value is -3.28. The second-order valence-electron chi connectivity index (χ2n) is 6.00. The molecule has 2 aromatic heterocycles. The molecule has 0 saturated heterocycles. The molecule has 26 heavy (non-hydrogen) atoms. The summed E-state index contributed by atoms with van der Waals surface area (Å²) in [4.78, 5) is 11.9. The molecular formula is C20H22N4O2. The molecule has 0 aliphatic heterocycles. The lowest BCUT2D eigenvalue weighted by Gasteiger charge is -2.07. The Kier molecular flexibility index (Phi) is 5.53. The fraction of sp³-hybridized carbons (Fsp3) is 0.200. The van der Waals surface area contributed by atoms with Crippen molar-refractivity contribution < 1.29 is 9.21 Å². The molecule has 2 N–H and O–H groups in total. The molecule has 0 aliphatic rings. The summed E-state index contributed by atoms with van der Waals surface area (Å²) in [6.07, 6.45) is 3.34. The van der Waals surface area contributed by atoms with Crippen molar-refractivity contribution in [1.82, 2.24) is 9.99 Å². The van der Waals surface area contributed by atoms with Gasteiger partial charge >= 0.3 is 0 Å². The van der Waals surface area contributed by atoms with Gasteiger partial charge in [0.15, 0.2) is 0 Å². The van der Waals surface area contributed by atoms with Crippen LogP contribution in [-0.4, -0.2) is 23.2 Å². The fourth-order valence-electron chi connectivity index (χ4n) is 2.71. The first-order chi connectivity index (χ1) is 12.6. The predicted octanol–water partition coefficient (Wildman–Crippen LogP) is 3.31. The van der Waals surface area contributed by atoms with E-state index in [9.17, 15) is 4.79 Å². The van der Waals surface area contributed by atoms with E-state index in [2.05, 4.69) is 20.4 Å². The zero-order valence-corrected chi connectivity index (χ0v) is 14.9. The predicted molar refractivity (Wildman–Crippen MR) is 102 cm³/mol. The average molecular weight is 350 g/mol. The molecule has 0 aliphatic carbocycles. The molecule has 134 valence electrons. The smallest absolute Gasteiger partial charge is 0.259 e. The summed E-state index contributed by atoms with van der Waals surface area (Å²) >= 11 is 0. The number of hydrogen-bond donors (Lipinski definition) is 2. The summed E-state index contributed by atoms with van der Waals surface area (Å²) in [6.45, 7) is 4.90. The highest BCUT2D eigenvalue weighted by Crippen LogP contribution is 2.16. The van der Waals surface area contributed by atoms with Crippen molar-refractivity contribution in [2.24, 2.45) is 5.10 Å². The molecule has 3 rings (SSSR count). The molecule has 0 fully saturated rings. The van der Waals surface area contributed by atoms with Gasteiger partial charge in [0.05, 0.1) is 25.6 Å². The van der Waals surface area contributed by atoms with Gasteiger partial charge in [-0.15, -0.1) is 0 Å². The number of aryl methyl sites for hydroxylation is 1. The lowest BCUT2D eigenvalue weighted by atomic mass is 10.3. The molecule has 3 aromatic rings. The minimum Gasteiger partial charge on any atom is -0.467 e. The zero-order chi connectivity index (χ0) is 18.4. The third-order valence-electron chi connectivity index (χ3n) is 4.13. The van der Waals surface area contributed by atoms with Crippen molar-refractivity contribution in [1.29, 1.82) is 0 Å². The van der Waals surface area contributed by atoms with E-state index in [1.807, 2.05) is 62.4 Å². The summed E-state index contributed by atoms with van der Waals surface area (Å²) in [6, 6.07) is 15.4. The molecule has 0 saturated carbocycles. The van der Waals surface area contributed by atoms with Gasteiger partial charge in [-0.25, -0.2) is 5.43 Å². The number of nitrogens with one attached hydrogen (secondary N) is 2. The van der Waals surface area contributed by atoms with Crippen LogP contribution in [0, 0.1) is 13.8 Å². The first-order valence-electron chi connectivity index (χ1n) is 8.43. The number of rotatable bonds is 7. The van der Waals surface area contributed by atoms with Gasteiger partial charge in [0.2, 0.25) is 0 Å². The molecule has 1 aromatic carbocycles. The first kappa shape index (κ1) is 17.5. The Morgan fingerprint density at radius 2 is 2.00 bits per heavy atom. The Morgan fingerprint density at radius 3 is 2.73 bits per heavy atom. The maximum Gasteiger partial charge on any atom is 0.259 e. The monoisotopic (exact) mass is 350 g/mol. The SMILES string of the molecule is Cc1cc(/C=N\NC(=O)CNc2ccccc2)c(C)n1Cc1ccco1. The Labute approximate surface area is 152 Å². The molecule has 2 heterocycles. The van der Waals surface area contributed by atoms with Crippen LogP contribution in [0.3, 0.4) is 0 Å². The first-order valence-corrected chi connectivity index (χ1v) is 8.43. The normalized spacial score (nSPS) is 11.0. The zero-order valence-electron chi connectivity index (χ0n) is 14.9. The van der Waals surface area contributed by atoms with Gasteiger partial charge < -0.3 is 14.3 Å². The number of hydrazone groups is 1. The van der Waals surface area contributed by atoms with Gasteiger partial charge in [0.25, 0.3) is 5.91 Å². The largest absolute Gasteiger partial charge is 0.467 e. The number of carbonyl (C=O) groups is 1. The van der Waals surface area contributed by atoms with E-state index in [0.29, 0.717) is 6.54 Å². The molecule has 0 atom stereocenters. The van der Waals surface area contributed by atoms with Crippen molar-refractivity contribution in [3.05, 3.63) is 77.5 Å². The highest BCUT2D eigenvalue weighted by atomic mass is 16.3. The van der Waals surface area contributed by atoms with Crippen LogP contribution in [0.5, 0.6) is 0 Å². The maximum atomic E-state index is 11.9. The van der Waals surface area contributed by atoms with E-state index in [0.717, 1.165) is 28.4 Å². The number of amides is 1. The lowest BCUT2D eigenvalue weighted by Crippen LogP contribution is -2.25. The third-order valence-corrected chi connectivity index (χ3v) is 4.13. The topological polar surface area (TPSA) is 71.6 Å². The molecule has 0 bridgehead atoms. The van der Waals surface area contributed by atoms with Gasteiger partial charge in [-0.3, -0.25) is 4.79 Å². The number of benzene rings is 1. The third kappa shape index (κ3) is 4.42. The highest BCUT2D eigenvalue weighted by Gasteiger charge is 2.09. The van der Waals surface area contributed by atoms with Crippen LogP contribution >= 0.6 is 0 Å². The number of furan rings is 1. The van der Waals surface area contributed by atoms with Crippen LogP contribution in [0.15, 0.2) is 64.3 Å². The van der Waals surface area contributed by atoms with Crippen LogP contribution in [0.4, 0.5) is 5.69 Å². The van der Waals surface area contributed by atoms with E-state index >= 15 is 0 Å². The number of hydrogen-bond acceptors (Lipinski definition) is 4. The maximum absolute atomic E-state index is 11.9. The van der Waals surface area contributed by atoms with E-state index in [1.54, 1.807) is 12.5 Å². The van der Waals surface area contributed by atoms with Crippen molar-refractivity contribution in [2.75, 3.05) is 11.9 Å². The van der Waals surface area contributed by atoms with Crippen LogP contribution < -0.4 is 10.7 Å². The number of aromatic nitrogens is 1. The van der Waals surface area contributed by atoms with E-state index < -0.39 is 0 Å². The van der Waals surface area contributed by atoms with Gasteiger partial charge in [-0.05, 0) is 44.2 Å². The van der Waals surface area contributed by atoms with Crippen LogP contribution in [-0.2, 0) is 11.3 Å². The van der Waals surface area contributed by atoms with Crippen LogP contribution in [0.1, 0.15) is 22.7 Å². The minimum atomic E-state index is -0.200. The number of anilines is 1. The lowest BCUT2D eigenvalue weighted by molar-refractivity contribution is -0.119. The van der Waals surface area contributed by atoms with Crippen molar-refractivity contribution >= 4 is 17.8 Å². The molecule has 6 heteroatoms. The van der Waals surface area contributed by atoms with Crippen molar-refractivity contribution in [3.63, 3.8) is 0 Å². The van der Waals surface area contributed by atoms with E-state index in [1.165, 1.54) is 0 Å². The highest BCUT2D eigenvalue weighted by molar-refractivity contribution is 5.85. The summed E-state index contributed by atoms with van der Waals surface area (Å²) in [5.74, 6) is 0.699. The summed E-state index contributed by atoms with van der Waals surface area (Å²) in [5.41, 5.74) is 6.58. The standard InChI is InChI=1S/C20H22N4O2/c1-15-11-17(16(2)24(15)14-19-9-6-10-26-19)12-22-23-20(25)13-21-18-7-4-3-5-8-18/h3-12,21H,13-14H2,1-2H3,(H,23,25)/b22-12-. The Balaban J connectivity index is 1.56.